The molecule has 3 fully saturated rings. The van der Waals surface area contributed by atoms with Crippen molar-refractivity contribution in [3.05, 3.63) is 21.4 Å². The molecule has 1 spiro atoms. The monoisotopic (exact) mass is 466 g/mol. The number of nitrogens with zero attached hydrogens (tertiary/aromatic N) is 1. The van der Waals surface area contributed by atoms with Crippen molar-refractivity contribution in [2.24, 2.45) is 11.8 Å². The van der Waals surface area contributed by atoms with Crippen molar-refractivity contribution in [1.29, 1.82) is 0 Å². The van der Waals surface area contributed by atoms with Gasteiger partial charge < -0.3 is 15.0 Å². The van der Waals surface area contributed by atoms with Crippen LogP contribution in [-0.2, 0) is 28.0 Å². The Kier molecular flexibility index (Phi) is 6.13. The summed E-state index contributed by atoms with van der Waals surface area (Å²) in [6, 6.07) is 3.11. The van der Waals surface area contributed by atoms with Gasteiger partial charge in [0.15, 0.2) is 0 Å². The minimum absolute atomic E-state index is 0.0466. The highest BCUT2D eigenvalue weighted by molar-refractivity contribution is 7.12. The molecule has 0 bridgehead atoms. The number of piperidine rings is 1. The molecule has 0 radical (unpaired) electrons. The van der Waals surface area contributed by atoms with Gasteiger partial charge in [-0.1, -0.05) is 6.92 Å². The van der Waals surface area contributed by atoms with E-state index in [1.165, 1.54) is 15.3 Å². The molecule has 7 heteroatoms. The number of amides is 1. The summed E-state index contributed by atoms with van der Waals surface area (Å²) in [4.78, 5) is 17.7. The van der Waals surface area contributed by atoms with Crippen LogP contribution in [0.25, 0.3) is 0 Å². The van der Waals surface area contributed by atoms with Gasteiger partial charge in [-0.2, -0.15) is 0 Å². The maximum Gasteiger partial charge on any atom is 0.248 e. The maximum absolute atomic E-state index is 12.9. The molecule has 4 aliphatic rings. The molecule has 4 nitrogen and oxygen atoms in total. The molecule has 2 saturated carbocycles. The highest BCUT2D eigenvalue weighted by Gasteiger charge is 2.47. The van der Waals surface area contributed by atoms with Gasteiger partial charge in [-0.05, 0) is 62.5 Å². The van der Waals surface area contributed by atoms with E-state index in [2.05, 4.69) is 30.1 Å². The number of carbonyl (C=O) groups excluding carboxylic acids is 1. The smallest absolute Gasteiger partial charge is 0.248 e. The third-order valence-corrected chi connectivity index (χ3v) is 9.54. The molecule has 32 heavy (non-hydrogen) atoms. The first-order chi connectivity index (χ1) is 15.2. The number of fused-ring (bicyclic) bond motifs is 2. The Hall–Kier alpha value is -1.05. The van der Waals surface area contributed by atoms with E-state index in [4.69, 9.17) is 4.74 Å². The van der Waals surface area contributed by atoms with Crippen molar-refractivity contribution < 1.29 is 18.3 Å². The second-order valence-electron chi connectivity index (χ2n) is 10.7. The van der Waals surface area contributed by atoms with Gasteiger partial charge in [0.05, 0.1) is 12.2 Å². The van der Waals surface area contributed by atoms with Crippen LogP contribution in [0.2, 0.25) is 0 Å². The first-order valence-electron chi connectivity index (χ1n) is 12.4. The van der Waals surface area contributed by atoms with Crippen molar-refractivity contribution in [3.8, 4) is 0 Å². The maximum atomic E-state index is 12.9. The Morgan fingerprint density at radius 3 is 2.75 bits per heavy atom. The van der Waals surface area contributed by atoms with E-state index in [0.717, 1.165) is 58.2 Å². The lowest BCUT2D eigenvalue weighted by Gasteiger charge is -2.49. The number of thiophene rings is 1. The van der Waals surface area contributed by atoms with E-state index in [-0.39, 0.29) is 42.7 Å². The lowest BCUT2D eigenvalue weighted by atomic mass is 9.76. The van der Waals surface area contributed by atoms with Crippen LogP contribution in [-0.4, -0.2) is 48.5 Å². The van der Waals surface area contributed by atoms with Crippen LogP contribution in [0.1, 0.15) is 74.1 Å². The number of likely N-dealkylation sites (tertiary alicyclic amines) is 1. The van der Waals surface area contributed by atoms with Crippen molar-refractivity contribution >= 4 is 17.2 Å². The Balaban J connectivity index is 1.08. The fourth-order valence-electron chi connectivity index (χ4n) is 6.36. The first kappa shape index (κ1) is 22.7. The minimum atomic E-state index is -2.54. The largest absolute Gasteiger partial charge is 0.370 e. The number of rotatable bonds is 6. The standard InChI is InChI=1S/C25H36F2N2O2S/c1-3-20-11-21-22(32-20)4-7-31-24(21)5-6-29(16(2)12-24)15-17-8-19(9-17)28-23(30)10-18-13-25(26,27)14-18/h11,16-19H,3-10,12-15H2,1-2H3,(H,28,30)/t16-,17?,19?,24+/m0/s1. The number of alkyl halides is 2. The molecule has 1 saturated heterocycles. The van der Waals surface area contributed by atoms with Crippen LogP contribution < -0.4 is 5.32 Å². The molecular weight excluding hydrogens is 430 g/mol. The molecule has 2 aliphatic heterocycles. The molecule has 178 valence electrons. The van der Waals surface area contributed by atoms with E-state index in [1.807, 2.05) is 11.3 Å². The second-order valence-corrected chi connectivity index (χ2v) is 12.0. The summed E-state index contributed by atoms with van der Waals surface area (Å²) in [5.74, 6) is -2.11. The molecule has 2 atom stereocenters. The first-order valence-corrected chi connectivity index (χ1v) is 13.2. The molecule has 2 aliphatic carbocycles. The summed E-state index contributed by atoms with van der Waals surface area (Å²) in [6.07, 6.45) is 6.28. The van der Waals surface area contributed by atoms with Crippen LogP contribution in [0, 0.1) is 11.8 Å². The molecular formula is C25H36F2N2O2S. The SMILES string of the molecule is CCc1cc2c(s1)CCO[C@@]21CCN(CC2CC(NC(=O)CC3CC(F)(F)C3)C2)[C@@H](C)C1. The van der Waals surface area contributed by atoms with Crippen molar-refractivity contribution in [2.75, 3.05) is 19.7 Å². The predicted octanol–water partition coefficient (Wildman–Crippen LogP) is 4.89. The van der Waals surface area contributed by atoms with Gasteiger partial charge in [0, 0.05) is 60.6 Å². The fraction of sp³-hybridized carbons (Fsp3) is 0.800. The average molecular weight is 467 g/mol. The van der Waals surface area contributed by atoms with Crippen molar-refractivity contribution in [2.45, 2.75) is 95.2 Å². The lowest BCUT2D eigenvalue weighted by molar-refractivity contribution is -0.135. The van der Waals surface area contributed by atoms with Crippen LogP contribution >= 0.6 is 11.3 Å². The molecule has 3 heterocycles. The van der Waals surface area contributed by atoms with Gasteiger partial charge in [0.1, 0.15) is 0 Å². The summed E-state index contributed by atoms with van der Waals surface area (Å²) in [6.45, 7) is 7.54. The molecule has 0 unspecified atom stereocenters. The minimum Gasteiger partial charge on any atom is -0.370 e. The van der Waals surface area contributed by atoms with Gasteiger partial charge in [-0.15, -0.1) is 11.3 Å². The molecule has 1 aromatic rings. The number of aryl methyl sites for hydroxylation is 1. The van der Waals surface area contributed by atoms with Crippen LogP contribution in [0.5, 0.6) is 0 Å². The molecule has 1 amide bonds. The molecule has 5 rings (SSSR count). The number of carbonyl (C=O) groups is 1. The molecule has 1 aromatic heterocycles. The number of hydrogen-bond donors (Lipinski definition) is 1. The third-order valence-electron chi connectivity index (χ3n) is 8.20. The zero-order valence-corrected chi connectivity index (χ0v) is 20.1. The van der Waals surface area contributed by atoms with Gasteiger partial charge in [0.2, 0.25) is 11.8 Å². The zero-order valence-electron chi connectivity index (χ0n) is 19.3. The Labute approximate surface area is 194 Å². The van der Waals surface area contributed by atoms with Crippen molar-refractivity contribution in [1.82, 2.24) is 10.2 Å². The highest BCUT2D eigenvalue weighted by Crippen LogP contribution is 2.47. The topological polar surface area (TPSA) is 41.6 Å². The van der Waals surface area contributed by atoms with Gasteiger partial charge in [-0.3, -0.25) is 4.79 Å². The second kappa shape index (κ2) is 8.62. The quantitative estimate of drug-likeness (QED) is 0.649. The summed E-state index contributed by atoms with van der Waals surface area (Å²) in [5, 5.41) is 3.07. The Bertz CT molecular complexity index is 845. The number of ether oxygens (including phenoxy) is 1. The van der Waals surface area contributed by atoms with E-state index < -0.39 is 5.92 Å². The van der Waals surface area contributed by atoms with E-state index in [0.29, 0.717) is 12.0 Å². The Morgan fingerprint density at radius 2 is 2.06 bits per heavy atom. The lowest BCUT2D eigenvalue weighted by Crippen LogP contribution is -2.54. The third kappa shape index (κ3) is 4.49. The summed E-state index contributed by atoms with van der Waals surface area (Å²) in [7, 11) is 0. The number of nitrogens with one attached hydrogen (secondary N) is 1. The highest BCUT2D eigenvalue weighted by atomic mass is 32.1. The normalized spacial score (nSPS) is 34.6. The fourth-order valence-corrected chi connectivity index (χ4v) is 7.54. The van der Waals surface area contributed by atoms with Gasteiger partial charge >= 0.3 is 0 Å². The van der Waals surface area contributed by atoms with E-state index in [1.54, 1.807) is 0 Å². The van der Waals surface area contributed by atoms with E-state index in [9.17, 15) is 13.6 Å². The number of halogens is 2. The van der Waals surface area contributed by atoms with Crippen molar-refractivity contribution in [3.63, 3.8) is 0 Å². The zero-order chi connectivity index (χ0) is 22.5. The van der Waals surface area contributed by atoms with Crippen LogP contribution in [0.3, 0.4) is 0 Å². The average Bonchev–Trinajstić information content (AvgIpc) is 3.12. The van der Waals surface area contributed by atoms with Gasteiger partial charge in [0.25, 0.3) is 0 Å². The number of hydrogen-bond acceptors (Lipinski definition) is 4. The Morgan fingerprint density at radius 1 is 1.28 bits per heavy atom. The predicted molar refractivity (Wildman–Crippen MR) is 122 cm³/mol. The van der Waals surface area contributed by atoms with Gasteiger partial charge in [-0.25, -0.2) is 8.78 Å². The molecule has 1 N–H and O–H groups in total. The summed E-state index contributed by atoms with van der Waals surface area (Å²) >= 11 is 1.98. The summed E-state index contributed by atoms with van der Waals surface area (Å²) < 4.78 is 32.4. The van der Waals surface area contributed by atoms with Crippen LogP contribution in [0.15, 0.2) is 6.07 Å². The molecule has 0 aromatic carbocycles. The van der Waals surface area contributed by atoms with Crippen LogP contribution in [0.4, 0.5) is 8.78 Å². The summed E-state index contributed by atoms with van der Waals surface area (Å²) in [5.41, 5.74) is 1.37. The van der Waals surface area contributed by atoms with E-state index >= 15 is 0 Å².